The van der Waals surface area contributed by atoms with Gasteiger partial charge >= 0.3 is 5.69 Å². The van der Waals surface area contributed by atoms with Gasteiger partial charge in [0, 0.05) is 25.2 Å². The summed E-state index contributed by atoms with van der Waals surface area (Å²) in [7, 11) is 1.48. The number of hydrogen-bond donors (Lipinski definition) is 1. The van der Waals surface area contributed by atoms with Crippen molar-refractivity contribution >= 4 is 11.5 Å². The minimum atomic E-state index is -0.431. The fourth-order valence-electron chi connectivity index (χ4n) is 1.83. The average molecular weight is 282 g/mol. The van der Waals surface area contributed by atoms with E-state index in [1.165, 1.54) is 19.2 Å². The third-order valence-corrected chi connectivity index (χ3v) is 3.09. The van der Waals surface area contributed by atoms with Crippen LogP contribution in [-0.2, 0) is 0 Å². The van der Waals surface area contributed by atoms with Crippen molar-refractivity contribution in [1.29, 1.82) is 0 Å². The van der Waals surface area contributed by atoms with Crippen LogP contribution in [0, 0.1) is 15.5 Å². The summed E-state index contributed by atoms with van der Waals surface area (Å²) < 4.78 is 5.06. The molecular formula is C13H22N4O3. The first-order chi connectivity index (χ1) is 9.34. The third kappa shape index (κ3) is 3.80. The lowest BCUT2D eigenvalue weighted by Crippen LogP contribution is -2.39. The van der Waals surface area contributed by atoms with Crippen molar-refractivity contribution < 1.29 is 9.66 Å². The van der Waals surface area contributed by atoms with Gasteiger partial charge in [-0.05, 0) is 18.9 Å². The Hall–Kier alpha value is -1.89. The molecule has 7 heteroatoms. The Morgan fingerprint density at radius 2 is 2.15 bits per heavy atom. The van der Waals surface area contributed by atoms with E-state index in [1.807, 2.05) is 25.7 Å². The molecule has 0 aromatic carbocycles. The maximum atomic E-state index is 11.2. The van der Waals surface area contributed by atoms with E-state index in [9.17, 15) is 10.1 Å². The molecule has 2 N–H and O–H groups in total. The number of pyridine rings is 1. The standard InChI is InChI=1S/C13H22N4O3/c1-5-16(9-13(2,3)8-14)12-10(17(18)19)6-7-11(15-12)20-4/h6-7H,5,8-9,14H2,1-4H3. The Morgan fingerprint density at radius 1 is 1.50 bits per heavy atom. The predicted octanol–water partition coefficient (Wildman–Crippen LogP) is 1.81. The topological polar surface area (TPSA) is 94.5 Å². The molecule has 0 unspecified atom stereocenters. The first-order valence-corrected chi connectivity index (χ1v) is 6.49. The highest BCUT2D eigenvalue weighted by atomic mass is 16.6. The van der Waals surface area contributed by atoms with E-state index in [0.29, 0.717) is 31.3 Å². The summed E-state index contributed by atoms with van der Waals surface area (Å²) in [5.41, 5.74) is 5.55. The van der Waals surface area contributed by atoms with Gasteiger partial charge in [0.25, 0.3) is 0 Å². The molecule has 112 valence electrons. The zero-order chi connectivity index (χ0) is 15.3. The lowest BCUT2D eigenvalue weighted by atomic mass is 9.93. The van der Waals surface area contributed by atoms with Gasteiger partial charge in [-0.1, -0.05) is 13.8 Å². The van der Waals surface area contributed by atoms with Crippen molar-refractivity contribution in [2.24, 2.45) is 11.1 Å². The van der Waals surface area contributed by atoms with Crippen LogP contribution >= 0.6 is 0 Å². The fourth-order valence-corrected chi connectivity index (χ4v) is 1.83. The highest BCUT2D eigenvalue weighted by Gasteiger charge is 2.26. The minimum Gasteiger partial charge on any atom is -0.481 e. The van der Waals surface area contributed by atoms with Crippen molar-refractivity contribution in [2.45, 2.75) is 20.8 Å². The average Bonchev–Trinajstić information content (AvgIpc) is 2.44. The minimum absolute atomic E-state index is 0.0273. The molecule has 7 nitrogen and oxygen atoms in total. The van der Waals surface area contributed by atoms with E-state index in [4.69, 9.17) is 10.5 Å². The van der Waals surface area contributed by atoms with Crippen LogP contribution in [0.5, 0.6) is 5.88 Å². The zero-order valence-electron chi connectivity index (χ0n) is 12.4. The van der Waals surface area contributed by atoms with Crippen molar-refractivity contribution in [3.05, 3.63) is 22.2 Å². The fraction of sp³-hybridized carbons (Fsp3) is 0.615. The van der Waals surface area contributed by atoms with E-state index >= 15 is 0 Å². The molecule has 0 aliphatic carbocycles. The van der Waals surface area contributed by atoms with Gasteiger partial charge in [-0.2, -0.15) is 4.98 Å². The van der Waals surface area contributed by atoms with Gasteiger partial charge < -0.3 is 15.4 Å². The van der Waals surface area contributed by atoms with Crippen LogP contribution in [0.1, 0.15) is 20.8 Å². The van der Waals surface area contributed by atoms with Gasteiger partial charge in [0.2, 0.25) is 11.7 Å². The summed E-state index contributed by atoms with van der Waals surface area (Å²) in [6.45, 7) is 7.63. The maximum absolute atomic E-state index is 11.2. The van der Waals surface area contributed by atoms with Crippen LogP contribution in [0.25, 0.3) is 0 Å². The van der Waals surface area contributed by atoms with Gasteiger partial charge in [-0.3, -0.25) is 10.1 Å². The second kappa shape index (κ2) is 6.51. The molecule has 0 bridgehead atoms. The molecule has 1 rings (SSSR count). The first-order valence-electron chi connectivity index (χ1n) is 6.49. The molecule has 0 saturated carbocycles. The van der Waals surface area contributed by atoms with Crippen LogP contribution in [0.2, 0.25) is 0 Å². The molecule has 0 atom stereocenters. The second-order valence-electron chi connectivity index (χ2n) is 5.34. The molecule has 0 amide bonds. The lowest BCUT2D eigenvalue weighted by molar-refractivity contribution is -0.384. The summed E-state index contributed by atoms with van der Waals surface area (Å²) >= 11 is 0. The second-order valence-corrected chi connectivity index (χ2v) is 5.34. The smallest absolute Gasteiger partial charge is 0.311 e. The third-order valence-electron chi connectivity index (χ3n) is 3.09. The van der Waals surface area contributed by atoms with Crippen molar-refractivity contribution in [3.8, 4) is 5.88 Å². The van der Waals surface area contributed by atoms with Crippen LogP contribution < -0.4 is 15.4 Å². The van der Waals surface area contributed by atoms with E-state index in [1.54, 1.807) is 0 Å². The summed E-state index contributed by atoms with van der Waals surface area (Å²) in [5, 5.41) is 11.2. The molecule has 0 saturated heterocycles. The molecule has 1 heterocycles. The van der Waals surface area contributed by atoms with E-state index in [-0.39, 0.29) is 11.1 Å². The quantitative estimate of drug-likeness (QED) is 0.605. The molecule has 20 heavy (non-hydrogen) atoms. The van der Waals surface area contributed by atoms with E-state index < -0.39 is 4.92 Å². The Balaban J connectivity index is 3.21. The Bertz CT molecular complexity index is 477. The van der Waals surface area contributed by atoms with Gasteiger partial charge in [-0.25, -0.2) is 0 Å². The molecule has 1 aromatic rings. The first kappa shape index (κ1) is 16.2. The van der Waals surface area contributed by atoms with Crippen LogP contribution in [-0.4, -0.2) is 36.7 Å². The lowest BCUT2D eigenvalue weighted by Gasteiger charge is -2.31. The molecule has 1 aromatic heterocycles. The normalized spacial score (nSPS) is 11.2. The van der Waals surface area contributed by atoms with Crippen molar-refractivity contribution in [2.75, 3.05) is 31.6 Å². The molecule has 0 aliphatic rings. The number of aromatic nitrogens is 1. The van der Waals surface area contributed by atoms with Gasteiger partial charge in [0.05, 0.1) is 12.0 Å². The van der Waals surface area contributed by atoms with Gasteiger partial charge in [0.15, 0.2) is 0 Å². The largest absolute Gasteiger partial charge is 0.481 e. The van der Waals surface area contributed by atoms with E-state index in [2.05, 4.69) is 4.98 Å². The number of anilines is 1. The van der Waals surface area contributed by atoms with E-state index in [0.717, 1.165) is 0 Å². The predicted molar refractivity (Wildman–Crippen MR) is 78.2 cm³/mol. The monoisotopic (exact) mass is 282 g/mol. The summed E-state index contributed by atoms with van der Waals surface area (Å²) in [5.74, 6) is 0.674. The Morgan fingerprint density at radius 3 is 2.60 bits per heavy atom. The maximum Gasteiger partial charge on any atom is 0.311 e. The zero-order valence-corrected chi connectivity index (χ0v) is 12.4. The van der Waals surface area contributed by atoms with Crippen molar-refractivity contribution in [3.63, 3.8) is 0 Å². The SMILES string of the molecule is CCN(CC(C)(C)CN)c1nc(OC)ccc1[N+](=O)[O-]. The Kier molecular flexibility index (Phi) is 5.26. The number of rotatable bonds is 7. The molecule has 0 aliphatic heterocycles. The number of nitrogens with zero attached hydrogens (tertiary/aromatic N) is 3. The highest BCUT2D eigenvalue weighted by molar-refractivity contribution is 5.59. The molecular weight excluding hydrogens is 260 g/mol. The summed E-state index contributed by atoms with van der Waals surface area (Å²) in [4.78, 5) is 16.8. The molecule has 0 radical (unpaired) electrons. The number of ether oxygens (including phenoxy) is 1. The number of nitrogens with two attached hydrogens (primary N) is 1. The summed E-state index contributed by atoms with van der Waals surface area (Å²) in [6, 6.07) is 2.91. The van der Waals surface area contributed by atoms with Gasteiger partial charge in [-0.15, -0.1) is 0 Å². The van der Waals surface area contributed by atoms with Crippen molar-refractivity contribution in [1.82, 2.24) is 4.98 Å². The number of nitro groups is 1. The highest BCUT2D eigenvalue weighted by Crippen LogP contribution is 2.30. The molecule has 0 spiro atoms. The Labute approximate surface area is 118 Å². The van der Waals surface area contributed by atoms with Crippen LogP contribution in [0.4, 0.5) is 11.5 Å². The molecule has 0 fully saturated rings. The van der Waals surface area contributed by atoms with Gasteiger partial charge in [0.1, 0.15) is 0 Å². The number of methoxy groups -OCH3 is 1. The number of hydrogen-bond acceptors (Lipinski definition) is 6. The van der Waals surface area contributed by atoms with Crippen LogP contribution in [0.3, 0.4) is 0 Å². The summed E-state index contributed by atoms with van der Waals surface area (Å²) in [6.07, 6.45) is 0. The van der Waals surface area contributed by atoms with Crippen LogP contribution in [0.15, 0.2) is 12.1 Å².